The second-order valence-electron chi connectivity index (χ2n) is 7.04. The largest absolute Gasteiger partial charge is 0.338 e. The van der Waals surface area contributed by atoms with Gasteiger partial charge in [-0.15, -0.1) is 0 Å². The smallest absolute Gasteiger partial charge is 0.317 e. The Bertz CT molecular complexity index is 565. The van der Waals surface area contributed by atoms with Crippen LogP contribution in [0.5, 0.6) is 0 Å². The third kappa shape index (κ3) is 3.95. The van der Waals surface area contributed by atoms with E-state index < -0.39 is 0 Å². The average molecular weight is 316 g/mol. The van der Waals surface area contributed by atoms with Gasteiger partial charge in [0.15, 0.2) is 0 Å². The highest BCUT2D eigenvalue weighted by Crippen LogP contribution is 2.44. The van der Waals surface area contributed by atoms with Gasteiger partial charge < -0.3 is 14.8 Å². The highest BCUT2D eigenvalue weighted by atomic mass is 16.2. The molecule has 0 aromatic carbocycles. The van der Waals surface area contributed by atoms with Crippen LogP contribution in [-0.2, 0) is 13.5 Å². The van der Waals surface area contributed by atoms with Gasteiger partial charge in [-0.05, 0) is 43.4 Å². The number of hydrogen-bond donors (Lipinski definition) is 1. The standard InChI is InChI=1S/C18H28N4O/c1-21-11-9-19-17(21)4-3-10-22(2)18(23)20-8-7-16-13-14-5-6-15(16)12-14/h5-6,9,11,14-16H,3-4,7-8,10,12-13H2,1-2H3,(H,20,23)/t14-,15+,16-/m1/s1. The van der Waals surface area contributed by atoms with Gasteiger partial charge in [0.1, 0.15) is 5.82 Å². The molecule has 2 aliphatic carbocycles. The molecule has 3 atom stereocenters. The number of nitrogens with zero attached hydrogens (tertiary/aromatic N) is 3. The van der Waals surface area contributed by atoms with Crippen molar-refractivity contribution in [3.63, 3.8) is 0 Å². The van der Waals surface area contributed by atoms with Gasteiger partial charge in [0, 0.05) is 46.0 Å². The van der Waals surface area contributed by atoms with E-state index in [2.05, 4.69) is 22.5 Å². The number of allylic oxidation sites excluding steroid dienone is 2. The van der Waals surface area contributed by atoms with E-state index in [1.165, 1.54) is 12.8 Å². The van der Waals surface area contributed by atoms with Gasteiger partial charge in [-0.1, -0.05) is 12.2 Å². The molecule has 0 unspecified atom stereocenters. The summed E-state index contributed by atoms with van der Waals surface area (Å²) in [6, 6.07) is 0.0449. The van der Waals surface area contributed by atoms with Gasteiger partial charge in [-0.25, -0.2) is 9.78 Å². The molecule has 0 aliphatic heterocycles. The van der Waals surface area contributed by atoms with Crippen LogP contribution < -0.4 is 5.32 Å². The second-order valence-corrected chi connectivity index (χ2v) is 7.04. The van der Waals surface area contributed by atoms with Crippen LogP contribution in [-0.4, -0.2) is 40.6 Å². The maximum Gasteiger partial charge on any atom is 0.317 e. The molecule has 5 heteroatoms. The summed E-state index contributed by atoms with van der Waals surface area (Å²) >= 11 is 0. The monoisotopic (exact) mass is 316 g/mol. The van der Waals surface area contributed by atoms with E-state index in [1.54, 1.807) is 4.90 Å². The lowest BCUT2D eigenvalue weighted by atomic mass is 9.91. The molecule has 1 saturated carbocycles. The Morgan fingerprint density at radius 2 is 2.30 bits per heavy atom. The zero-order chi connectivity index (χ0) is 16.2. The number of nitrogens with one attached hydrogen (secondary N) is 1. The lowest BCUT2D eigenvalue weighted by Gasteiger charge is -2.21. The molecule has 2 amide bonds. The molecule has 23 heavy (non-hydrogen) atoms. The quantitative estimate of drug-likeness (QED) is 0.786. The molecule has 1 aromatic heterocycles. The van der Waals surface area contributed by atoms with Gasteiger partial charge in [0.2, 0.25) is 0 Å². The third-order valence-electron chi connectivity index (χ3n) is 5.37. The number of aryl methyl sites for hydroxylation is 2. The first-order valence-corrected chi connectivity index (χ1v) is 8.77. The van der Waals surface area contributed by atoms with Crippen molar-refractivity contribution >= 4 is 6.03 Å². The molecule has 2 aliphatic rings. The number of fused-ring (bicyclic) bond motifs is 2. The predicted molar refractivity (Wildman–Crippen MR) is 91.0 cm³/mol. The number of aromatic nitrogens is 2. The molecular weight excluding hydrogens is 288 g/mol. The summed E-state index contributed by atoms with van der Waals surface area (Å²) in [7, 11) is 3.87. The Kier molecular flexibility index (Phi) is 5.03. The fourth-order valence-corrected chi connectivity index (χ4v) is 3.94. The molecule has 1 aromatic rings. The van der Waals surface area contributed by atoms with E-state index in [9.17, 15) is 4.79 Å². The van der Waals surface area contributed by atoms with E-state index >= 15 is 0 Å². The van der Waals surface area contributed by atoms with E-state index in [1.807, 2.05) is 31.1 Å². The molecule has 1 heterocycles. The number of hydrogen-bond acceptors (Lipinski definition) is 2. The molecule has 1 N–H and O–H groups in total. The molecule has 0 saturated heterocycles. The fraction of sp³-hybridized carbons (Fsp3) is 0.667. The third-order valence-corrected chi connectivity index (χ3v) is 5.37. The maximum absolute atomic E-state index is 12.1. The average Bonchev–Trinajstić information content (AvgIpc) is 3.25. The lowest BCUT2D eigenvalue weighted by molar-refractivity contribution is 0.207. The van der Waals surface area contributed by atoms with Gasteiger partial charge in [-0.2, -0.15) is 0 Å². The van der Waals surface area contributed by atoms with Gasteiger partial charge >= 0.3 is 6.03 Å². The number of rotatable bonds is 7. The Balaban J connectivity index is 1.30. The molecular formula is C18H28N4O. The van der Waals surface area contributed by atoms with Crippen LogP contribution >= 0.6 is 0 Å². The van der Waals surface area contributed by atoms with Crippen molar-refractivity contribution < 1.29 is 4.79 Å². The Morgan fingerprint density at radius 1 is 1.43 bits per heavy atom. The summed E-state index contributed by atoms with van der Waals surface area (Å²) < 4.78 is 2.03. The van der Waals surface area contributed by atoms with Gasteiger partial charge in [0.25, 0.3) is 0 Å². The molecule has 0 radical (unpaired) electrons. The fourth-order valence-electron chi connectivity index (χ4n) is 3.94. The number of amides is 2. The minimum absolute atomic E-state index is 0.0449. The minimum atomic E-state index is 0.0449. The van der Waals surface area contributed by atoms with Crippen LogP contribution in [0.2, 0.25) is 0 Å². The molecule has 2 bridgehead atoms. The Morgan fingerprint density at radius 3 is 2.96 bits per heavy atom. The summed E-state index contributed by atoms with van der Waals surface area (Å²) in [4.78, 5) is 18.2. The molecule has 3 rings (SSSR count). The Labute approximate surface area is 138 Å². The SMILES string of the molecule is CN(CCCc1nccn1C)C(=O)NCC[C@@H]1C[C@@H]2C=C[C@H]1C2. The molecule has 0 spiro atoms. The number of carbonyl (C=O) groups excluding carboxylic acids is 1. The molecule has 1 fully saturated rings. The van der Waals surface area contributed by atoms with E-state index in [-0.39, 0.29) is 6.03 Å². The summed E-state index contributed by atoms with van der Waals surface area (Å²) in [5.74, 6) is 3.43. The first-order chi connectivity index (χ1) is 11.1. The first kappa shape index (κ1) is 16.1. The van der Waals surface area contributed by atoms with Gasteiger partial charge in [-0.3, -0.25) is 0 Å². The lowest BCUT2D eigenvalue weighted by Crippen LogP contribution is -2.39. The number of imidazole rings is 1. The first-order valence-electron chi connectivity index (χ1n) is 8.77. The van der Waals surface area contributed by atoms with E-state index in [0.29, 0.717) is 0 Å². The van der Waals surface area contributed by atoms with Crippen molar-refractivity contribution in [1.82, 2.24) is 19.8 Å². The van der Waals surface area contributed by atoms with Crippen molar-refractivity contribution in [2.45, 2.75) is 32.1 Å². The van der Waals surface area contributed by atoms with Crippen molar-refractivity contribution in [3.05, 3.63) is 30.4 Å². The van der Waals surface area contributed by atoms with Crippen molar-refractivity contribution in [2.24, 2.45) is 24.8 Å². The summed E-state index contributed by atoms with van der Waals surface area (Å²) in [5.41, 5.74) is 0. The summed E-state index contributed by atoms with van der Waals surface area (Å²) in [5, 5.41) is 3.07. The van der Waals surface area contributed by atoms with Crippen LogP contribution in [0.1, 0.15) is 31.5 Å². The van der Waals surface area contributed by atoms with Crippen LogP contribution in [0.3, 0.4) is 0 Å². The van der Waals surface area contributed by atoms with Crippen molar-refractivity contribution in [1.29, 1.82) is 0 Å². The van der Waals surface area contributed by atoms with Crippen LogP contribution in [0.15, 0.2) is 24.5 Å². The zero-order valence-electron chi connectivity index (χ0n) is 14.2. The number of urea groups is 1. The zero-order valence-corrected chi connectivity index (χ0v) is 14.2. The maximum atomic E-state index is 12.1. The van der Waals surface area contributed by atoms with E-state index in [4.69, 9.17) is 0 Å². The summed E-state index contributed by atoms with van der Waals surface area (Å²) in [6.07, 6.45) is 14.1. The second kappa shape index (κ2) is 7.20. The van der Waals surface area contributed by atoms with E-state index in [0.717, 1.165) is 55.9 Å². The van der Waals surface area contributed by atoms with Crippen molar-refractivity contribution in [3.8, 4) is 0 Å². The summed E-state index contributed by atoms with van der Waals surface area (Å²) in [6.45, 7) is 1.56. The highest BCUT2D eigenvalue weighted by Gasteiger charge is 2.34. The molecule has 126 valence electrons. The van der Waals surface area contributed by atoms with Crippen LogP contribution in [0.25, 0.3) is 0 Å². The number of carbonyl (C=O) groups is 1. The van der Waals surface area contributed by atoms with Crippen molar-refractivity contribution in [2.75, 3.05) is 20.1 Å². The Hall–Kier alpha value is -1.78. The highest BCUT2D eigenvalue weighted by molar-refractivity contribution is 5.73. The predicted octanol–water partition coefficient (Wildman–Crippen LogP) is 2.60. The van der Waals surface area contributed by atoms with Crippen LogP contribution in [0.4, 0.5) is 4.79 Å². The normalized spacial score (nSPS) is 25.0. The van der Waals surface area contributed by atoms with Gasteiger partial charge in [0.05, 0.1) is 0 Å². The minimum Gasteiger partial charge on any atom is -0.338 e. The van der Waals surface area contributed by atoms with Crippen LogP contribution in [0, 0.1) is 17.8 Å². The molecule has 5 nitrogen and oxygen atoms in total. The topological polar surface area (TPSA) is 50.2 Å².